The fourth-order valence-corrected chi connectivity index (χ4v) is 1.36. The Morgan fingerprint density at radius 1 is 1.28 bits per heavy atom. The van der Waals surface area contributed by atoms with Gasteiger partial charge in [0.1, 0.15) is 6.10 Å². The van der Waals surface area contributed by atoms with Gasteiger partial charge >= 0.3 is 0 Å². The summed E-state index contributed by atoms with van der Waals surface area (Å²) in [4.78, 5) is 25.1. The van der Waals surface area contributed by atoms with E-state index in [4.69, 9.17) is 4.74 Å². The minimum absolute atomic E-state index is 0.157. The fourth-order valence-electron chi connectivity index (χ4n) is 1.36. The first-order valence-corrected chi connectivity index (χ1v) is 5.61. The number of rotatable bonds is 4. The molecule has 0 radical (unpaired) electrons. The molecule has 0 saturated carbocycles. The van der Waals surface area contributed by atoms with Gasteiger partial charge in [0.2, 0.25) is 0 Å². The summed E-state index contributed by atoms with van der Waals surface area (Å²) in [7, 11) is 4.79. The number of carbonyl (C=O) groups excluding carboxylic acids is 2. The van der Waals surface area contributed by atoms with Gasteiger partial charge in [-0.05, 0) is 19.1 Å². The molecular weight excluding hydrogens is 232 g/mol. The molecule has 0 heterocycles. The molecule has 0 bridgehead atoms. The van der Waals surface area contributed by atoms with Crippen LogP contribution in [0.15, 0.2) is 24.3 Å². The van der Waals surface area contributed by atoms with Crippen LogP contribution in [0.2, 0.25) is 0 Å². The Bertz CT molecular complexity index is 444. The number of carbonyl (C=O) groups is 2. The summed E-state index contributed by atoms with van der Waals surface area (Å²) in [5, 5.41) is 2.69. The second kappa shape index (κ2) is 6.16. The number of ether oxygens (including phenoxy) is 1. The van der Waals surface area contributed by atoms with Crippen LogP contribution in [0.5, 0.6) is 0 Å². The molecule has 1 atom stereocenters. The van der Waals surface area contributed by atoms with E-state index in [1.807, 2.05) is 0 Å². The molecule has 0 fully saturated rings. The Morgan fingerprint density at radius 3 is 2.44 bits per heavy atom. The summed E-state index contributed by atoms with van der Waals surface area (Å²) in [5.41, 5.74) is 0.948. The Balaban J connectivity index is 2.96. The zero-order valence-electron chi connectivity index (χ0n) is 11.1. The van der Waals surface area contributed by atoms with Gasteiger partial charge in [-0.15, -0.1) is 0 Å². The molecule has 18 heavy (non-hydrogen) atoms. The first-order chi connectivity index (χ1) is 8.47. The number of anilines is 1. The van der Waals surface area contributed by atoms with Crippen LogP contribution in [-0.4, -0.2) is 44.0 Å². The van der Waals surface area contributed by atoms with Crippen LogP contribution in [-0.2, 0) is 9.53 Å². The number of hydrogen-bond donors (Lipinski definition) is 1. The smallest absolute Gasteiger partial charge is 0.255 e. The largest absolute Gasteiger partial charge is 0.372 e. The molecule has 1 rings (SSSR count). The number of benzene rings is 1. The van der Waals surface area contributed by atoms with Crippen molar-refractivity contribution in [2.24, 2.45) is 0 Å². The van der Waals surface area contributed by atoms with E-state index in [1.54, 1.807) is 45.3 Å². The molecule has 5 nitrogen and oxygen atoms in total. The van der Waals surface area contributed by atoms with E-state index in [0.29, 0.717) is 11.3 Å². The van der Waals surface area contributed by atoms with Crippen LogP contribution in [0.4, 0.5) is 5.69 Å². The minimum atomic E-state index is -0.562. The van der Waals surface area contributed by atoms with Crippen molar-refractivity contribution in [1.82, 2.24) is 4.90 Å². The molecule has 0 aliphatic heterocycles. The first kappa shape index (κ1) is 14.2. The van der Waals surface area contributed by atoms with Crippen LogP contribution in [0.25, 0.3) is 0 Å². The molecule has 5 heteroatoms. The Hall–Kier alpha value is -1.88. The fraction of sp³-hybridized carbons (Fsp3) is 0.385. The van der Waals surface area contributed by atoms with Gasteiger partial charge in [-0.25, -0.2) is 0 Å². The number of nitrogens with zero attached hydrogens (tertiary/aromatic N) is 1. The second-order valence-corrected chi connectivity index (χ2v) is 4.11. The summed E-state index contributed by atoms with van der Waals surface area (Å²) in [6.45, 7) is 1.64. The van der Waals surface area contributed by atoms with Gasteiger partial charge in [-0.1, -0.05) is 12.1 Å². The van der Waals surface area contributed by atoms with E-state index >= 15 is 0 Å². The number of hydrogen-bond acceptors (Lipinski definition) is 3. The predicted octanol–water partition coefficient (Wildman–Crippen LogP) is 1.36. The van der Waals surface area contributed by atoms with E-state index in [1.165, 1.54) is 12.0 Å². The molecule has 0 aliphatic rings. The molecule has 1 N–H and O–H groups in total. The highest BCUT2D eigenvalue weighted by Crippen LogP contribution is 2.16. The molecule has 2 amide bonds. The highest BCUT2D eigenvalue weighted by Gasteiger charge is 2.17. The van der Waals surface area contributed by atoms with Gasteiger partial charge in [0, 0.05) is 21.2 Å². The first-order valence-electron chi connectivity index (χ1n) is 5.61. The molecule has 0 aromatic heterocycles. The van der Waals surface area contributed by atoms with E-state index in [0.717, 1.165) is 0 Å². The van der Waals surface area contributed by atoms with Crippen LogP contribution in [0.3, 0.4) is 0 Å². The summed E-state index contributed by atoms with van der Waals surface area (Å²) in [5.74, 6) is -0.438. The normalized spacial score (nSPS) is 11.8. The van der Waals surface area contributed by atoms with Crippen molar-refractivity contribution in [3.8, 4) is 0 Å². The zero-order chi connectivity index (χ0) is 13.7. The maximum absolute atomic E-state index is 11.9. The Morgan fingerprint density at radius 2 is 1.89 bits per heavy atom. The van der Waals surface area contributed by atoms with Crippen molar-refractivity contribution >= 4 is 17.5 Å². The number of methoxy groups -OCH3 is 1. The van der Waals surface area contributed by atoms with Gasteiger partial charge in [-0.3, -0.25) is 9.59 Å². The SMILES string of the molecule is COC(C)C(=O)Nc1ccccc1C(=O)N(C)C. The summed E-state index contributed by atoms with van der Waals surface area (Å²) in [6.07, 6.45) is -0.562. The monoisotopic (exact) mass is 250 g/mol. The average Bonchev–Trinajstić information content (AvgIpc) is 2.37. The lowest BCUT2D eigenvalue weighted by atomic mass is 10.1. The van der Waals surface area contributed by atoms with Crippen molar-refractivity contribution in [3.05, 3.63) is 29.8 Å². The maximum Gasteiger partial charge on any atom is 0.255 e. The van der Waals surface area contributed by atoms with Crippen LogP contribution < -0.4 is 5.32 Å². The van der Waals surface area contributed by atoms with Crippen LogP contribution >= 0.6 is 0 Å². The standard InChI is InChI=1S/C13H18N2O3/c1-9(18-4)12(16)14-11-8-6-5-7-10(11)13(17)15(2)3/h5-9H,1-4H3,(H,14,16). The highest BCUT2D eigenvalue weighted by molar-refractivity contribution is 6.04. The molecule has 0 saturated heterocycles. The van der Waals surface area contributed by atoms with Gasteiger partial charge in [-0.2, -0.15) is 0 Å². The van der Waals surface area contributed by atoms with Crippen molar-refractivity contribution in [2.75, 3.05) is 26.5 Å². The number of nitrogens with one attached hydrogen (secondary N) is 1. The third-order valence-electron chi connectivity index (χ3n) is 2.54. The van der Waals surface area contributed by atoms with Gasteiger partial charge < -0.3 is 15.0 Å². The van der Waals surface area contributed by atoms with E-state index in [2.05, 4.69) is 5.32 Å². The van der Waals surface area contributed by atoms with Crippen molar-refractivity contribution in [2.45, 2.75) is 13.0 Å². The molecule has 0 aliphatic carbocycles. The van der Waals surface area contributed by atoms with Crippen molar-refractivity contribution < 1.29 is 14.3 Å². The number of amides is 2. The quantitative estimate of drug-likeness (QED) is 0.877. The lowest BCUT2D eigenvalue weighted by Gasteiger charge is -2.16. The van der Waals surface area contributed by atoms with Crippen LogP contribution in [0.1, 0.15) is 17.3 Å². The van der Waals surface area contributed by atoms with Crippen LogP contribution in [0, 0.1) is 0 Å². The summed E-state index contributed by atoms with van der Waals surface area (Å²) in [6, 6.07) is 6.89. The molecule has 0 spiro atoms. The Labute approximate surface area is 107 Å². The third kappa shape index (κ3) is 3.30. The lowest BCUT2D eigenvalue weighted by molar-refractivity contribution is -0.124. The summed E-state index contributed by atoms with van der Waals surface area (Å²) >= 11 is 0. The molecule has 98 valence electrons. The lowest BCUT2D eigenvalue weighted by Crippen LogP contribution is -2.29. The molecule has 1 aromatic carbocycles. The zero-order valence-corrected chi connectivity index (χ0v) is 11.1. The highest BCUT2D eigenvalue weighted by atomic mass is 16.5. The number of para-hydroxylation sites is 1. The topological polar surface area (TPSA) is 58.6 Å². The second-order valence-electron chi connectivity index (χ2n) is 4.11. The van der Waals surface area contributed by atoms with E-state index < -0.39 is 6.10 Å². The summed E-state index contributed by atoms with van der Waals surface area (Å²) < 4.78 is 4.92. The van der Waals surface area contributed by atoms with Gasteiger partial charge in [0.15, 0.2) is 0 Å². The maximum atomic E-state index is 11.9. The van der Waals surface area contributed by atoms with E-state index in [9.17, 15) is 9.59 Å². The predicted molar refractivity (Wildman–Crippen MR) is 69.6 cm³/mol. The van der Waals surface area contributed by atoms with Gasteiger partial charge in [0.05, 0.1) is 11.3 Å². The third-order valence-corrected chi connectivity index (χ3v) is 2.54. The van der Waals surface area contributed by atoms with Gasteiger partial charge in [0.25, 0.3) is 11.8 Å². The average molecular weight is 250 g/mol. The van der Waals surface area contributed by atoms with Crippen molar-refractivity contribution in [1.29, 1.82) is 0 Å². The molecular formula is C13H18N2O3. The molecule has 1 unspecified atom stereocenters. The van der Waals surface area contributed by atoms with Crippen molar-refractivity contribution in [3.63, 3.8) is 0 Å². The molecule has 1 aromatic rings. The van der Waals surface area contributed by atoms with E-state index in [-0.39, 0.29) is 11.8 Å². The Kier molecular flexibility index (Phi) is 4.85. The minimum Gasteiger partial charge on any atom is -0.372 e.